The van der Waals surface area contributed by atoms with E-state index in [-0.39, 0.29) is 11.5 Å². The van der Waals surface area contributed by atoms with Gasteiger partial charge in [0.1, 0.15) is 6.61 Å². The molecule has 0 spiro atoms. The van der Waals surface area contributed by atoms with Crippen LogP contribution in [0.2, 0.25) is 0 Å². The van der Waals surface area contributed by atoms with E-state index in [1.165, 1.54) is 12.1 Å². The Bertz CT molecular complexity index is 914. The van der Waals surface area contributed by atoms with Crippen LogP contribution in [0.5, 0.6) is 11.5 Å². The van der Waals surface area contributed by atoms with Gasteiger partial charge in [-0.1, -0.05) is 31.5 Å². The summed E-state index contributed by atoms with van der Waals surface area (Å²) in [7, 11) is -3.61. The summed E-state index contributed by atoms with van der Waals surface area (Å²) < 4.78 is 38.4. The highest BCUT2D eigenvalue weighted by Gasteiger charge is 2.27. The number of unbranched alkanes of at least 4 members (excludes halogenated alkanes) is 1. The lowest BCUT2D eigenvalue weighted by molar-refractivity contribution is -0.125. The zero-order valence-corrected chi connectivity index (χ0v) is 15.8. The van der Waals surface area contributed by atoms with E-state index in [1.54, 1.807) is 30.3 Å². The van der Waals surface area contributed by atoms with Gasteiger partial charge in [0.05, 0.1) is 4.90 Å². The third kappa shape index (κ3) is 4.78. The molecule has 1 aliphatic heterocycles. The second-order valence-electron chi connectivity index (χ2n) is 6.13. The van der Waals surface area contributed by atoms with E-state index in [1.807, 2.05) is 13.0 Å². The number of carbonyl (C=O) groups excluding carboxylic acids is 1. The van der Waals surface area contributed by atoms with E-state index in [0.29, 0.717) is 23.7 Å². The number of benzene rings is 2. The molecule has 1 aliphatic rings. The maximum absolute atomic E-state index is 12.5. The molecule has 2 N–H and O–H groups in total. The fourth-order valence-corrected chi connectivity index (χ4v) is 3.70. The number of carbonyl (C=O) groups is 1. The van der Waals surface area contributed by atoms with E-state index < -0.39 is 22.0 Å². The van der Waals surface area contributed by atoms with E-state index >= 15 is 0 Å². The van der Waals surface area contributed by atoms with Gasteiger partial charge in [-0.05, 0) is 36.8 Å². The zero-order chi connectivity index (χ0) is 19.3. The molecule has 1 amide bonds. The Kier molecular flexibility index (Phi) is 5.98. The maximum Gasteiger partial charge on any atom is 0.269 e. The highest BCUT2D eigenvalue weighted by molar-refractivity contribution is 7.89. The minimum atomic E-state index is -3.61. The van der Waals surface area contributed by atoms with Crippen molar-refractivity contribution in [3.05, 3.63) is 48.5 Å². The first-order valence-electron chi connectivity index (χ1n) is 8.78. The van der Waals surface area contributed by atoms with Gasteiger partial charge >= 0.3 is 0 Å². The van der Waals surface area contributed by atoms with Crippen LogP contribution in [0.4, 0.5) is 5.69 Å². The van der Waals surface area contributed by atoms with Crippen LogP contribution < -0.4 is 19.5 Å². The van der Waals surface area contributed by atoms with Crippen LogP contribution in [0.1, 0.15) is 19.8 Å². The summed E-state index contributed by atoms with van der Waals surface area (Å²) in [4.78, 5) is 12.6. The first kappa shape index (κ1) is 19.2. The Labute approximate surface area is 158 Å². The van der Waals surface area contributed by atoms with E-state index in [9.17, 15) is 13.2 Å². The van der Waals surface area contributed by atoms with Gasteiger partial charge in [-0.25, -0.2) is 13.1 Å². The number of anilines is 1. The van der Waals surface area contributed by atoms with Crippen molar-refractivity contribution in [2.75, 3.05) is 18.5 Å². The molecule has 0 aromatic heterocycles. The standard InChI is InChI=1S/C19H22N2O5S/c1-2-3-11-20-27(23,24)15-8-6-7-14(12-15)21-19(22)18-13-25-16-9-4-5-10-17(16)26-18/h4-10,12,18,20H,2-3,11,13H2,1H3,(H,21,22)/t18-/m0/s1. The molecule has 1 atom stereocenters. The van der Waals surface area contributed by atoms with Crippen molar-refractivity contribution in [3.8, 4) is 11.5 Å². The van der Waals surface area contributed by atoms with Gasteiger partial charge in [0.25, 0.3) is 5.91 Å². The second-order valence-corrected chi connectivity index (χ2v) is 7.90. The third-order valence-corrected chi connectivity index (χ3v) is 5.49. The van der Waals surface area contributed by atoms with E-state index in [0.717, 1.165) is 12.8 Å². The van der Waals surface area contributed by atoms with Crippen LogP contribution in [0, 0.1) is 0 Å². The molecule has 27 heavy (non-hydrogen) atoms. The number of rotatable bonds is 7. The van der Waals surface area contributed by atoms with Gasteiger partial charge < -0.3 is 14.8 Å². The Morgan fingerprint density at radius 2 is 1.93 bits per heavy atom. The van der Waals surface area contributed by atoms with Crippen LogP contribution in [-0.2, 0) is 14.8 Å². The van der Waals surface area contributed by atoms with Crippen LogP contribution in [-0.4, -0.2) is 33.6 Å². The maximum atomic E-state index is 12.5. The average Bonchev–Trinajstić information content (AvgIpc) is 2.68. The average molecular weight is 390 g/mol. The fraction of sp³-hybridized carbons (Fsp3) is 0.316. The largest absolute Gasteiger partial charge is 0.485 e. The molecule has 0 saturated carbocycles. The predicted molar refractivity (Wildman–Crippen MR) is 102 cm³/mol. The predicted octanol–water partition coefficient (Wildman–Crippen LogP) is 2.54. The van der Waals surface area contributed by atoms with Gasteiger partial charge in [-0.15, -0.1) is 0 Å². The smallest absolute Gasteiger partial charge is 0.269 e. The molecule has 3 rings (SSSR count). The number of para-hydroxylation sites is 2. The summed E-state index contributed by atoms with van der Waals surface area (Å²) >= 11 is 0. The van der Waals surface area contributed by atoms with Crippen molar-refractivity contribution in [1.82, 2.24) is 4.72 Å². The number of amides is 1. The van der Waals surface area contributed by atoms with Gasteiger partial charge in [-0.2, -0.15) is 0 Å². The number of sulfonamides is 1. The normalized spacial score (nSPS) is 16.0. The molecule has 8 heteroatoms. The van der Waals surface area contributed by atoms with Crippen molar-refractivity contribution >= 4 is 21.6 Å². The monoisotopic (exact) mass is 390 g/mol. The Balaban J connectivity index is 1.67. The molecule has 7 nitrogen and oxygen atoms in total. The molecule has 1 heterocycles. The third-order valence-electron chi connectivity index (χ3n) is 4.04. The molecule has 0 unspecified atom stereocenters. The molecule has 0 radical (unpaired) electrons. The minimum Gasteiger partial charge on any atom is -0.485 e. The summed E-state index contributed by atoms with van der Waals surface area (Å²) in [6, 6.07) is 13.2. The van der Waals surface area contributed by atoms with Gasteiger partial charge in [0.15, 0.2) is 11.5 Å². The minimum absolute atomic E-state index is 0.0827. The lowest BCUT2D eigenvalue weighted by atomic mass is 10.2. The summed E-state index contributed by atoms with van der Waals surface area (Å²) in [6.07, 6.45) is 0.837. The molecule has 0 fully saturated rings. The lowest BCUT2D eigenvalue weighted by Gasteiger charge is -2.25. The Morgan fingerprint density at radius 3 is 2.70 bits per heavy atom. The van der Waals surface area contributed by atoms with Crippen LogP contribution >= 0.6 is 0 Å². The summed E-state index contributed by atoms with van der Waals surface area (Å²) in [5, 5.41) is 2.69. The quantitative estimate of drug-likeness (QED) is 0.709. The van der Waals surface area contributed by atoms with Crippen molar-refractivity contribution < 1.29 is 22.7 Å². The van der Waals surface area contributed by atoms with Crippen molar-refractivity contribution in [1.29, 1.82) is 0 Å². The van der Waals surface area contributed by atoms with E-state index in [2.05, 4.69) is 10.0 Å². The van der Waals surface area contributed by atoms with Crippen LogP contribution in [0.3, 0.4) is 0 Å². The highest BCUT2D eigenvalue weighted by atomic mass is 32.2. The van der Waals surface area contributed by atoms with Crippen molar-refractivity contribution in [3.63, 3.8) is 0 Å². The van der Waals surface area contributed by atoms with Gasteiger partial charge in [0, 0.05) is 12.2 Å². The molecule has 2 aromatic carbocycles. The molecule has 0 bridgehead atoms. The second kappa shape index (κ2) is 8.41. The Morgan fingerprint density at radius 1 is 1.15 bits per heavy atom. The van der Waals surface area contributed by atoms with Crippen LogP contribution in [0.15, 0.2) is 53.4 Å². The number of hydrogen-bond donors (Lipinski definition) is 2. The topological polar surface area (TPSA) is 93.7 Å². The number of nitrogens with one attached hydrogen (secondary N) is 2. The summed E-state index contributed by atoms with van der Waals surface area (Å²) in [5.74, 6) is 0.686. The molecule has 144 valence electrons. The van der Waals surface area contributed by atoms with Crippen molar-refractivity contribution in [2.45, 2.75) is 30.8 Å². The first-order chi connectivity index (χ1) is 13.0. The molecular formula is C19H22N2O5S. The zero-order valence-electron chi connectivity index (χ0n) is 15.0. The van der Waals surface area contributed by atoms with E-state index in [4.69, 9.17) is 9.47 Å². The SMILES string of the molecule is CCCCNS(=O)(=O)c1cccc(NC(=O)[C@@H]2COc3ccccc3O2)c1. The van der Waals surface area contributed by atoms with Gasteiger partial charge in [0.2, 0.25) is 16.1 Å². The first-order valence-corrected chi connectivity index (χ1v) is 10.3. The lowest BCUT2D eigenvalue weighted by Crippen LogP contribution is -2.40. The van der Waals surface area contributed by atoms with Gasteiger partial charge in [-0.3, -0.25) is 4.79 Å². The Hall–Kier alpha value is -2.58. The summed E-state index contributed by atoms with van der Waals surface area (Å²) in [5.41, 5.74) is 0.376. The fourth-order valence-electron chi connectivity index (χ4n) is 2.58. The van der Waals surface area contributed by atoms with Crippen LogP contribution in [0.25, 0.3) is 0 Å². The summed E-state index contributed by atoms with van der Waals surface area (Å²) in [6.45, 7) is 2.45. The van der Waals surface area contributed by atoms with Crippen molar-refractivity contribution in [2.24, 2.45) is 0 Å². The molecule has 0 saturated heterocycles. The molecule has 0 aliphatic carbocycles. The number of ether oxygens (including phenoxy) is 2. The highest BCUT2D eigenvalue weighted by Crippen LogP contribution is 2.31. The number of fused-ring (bicyclic) bond motifs is 1. The molecule has 2 aromatic rings. The molecular weight excluding hydrogens is 368 g/mol. The number of hydrogen-bond acceptors (Lipinski definition) is 5.